The molecule has 0 saturated carbocycles. The topological polar surface area (TPSA) is 20.8 Å². The van der Waals surface area contributed by atoms with Gasteiger partial charge in [-0.1, -0.05) is 152 Å². The molecule has 0 bridgehead atoms. The highest BCUT2D eigenvalue weighted by molar-refractivity contribution is 6.30. The molecule has 0 fully saturated rings. The van der Waals surface area contributed by atoms with Crippen LogP contribution in [0.4, 0.5) is 17.1 Å². The molecule has 2 aliphatic rings. The first kappa shape index (κ1) is 31.5. The summed E-state index contributed by atoms with van der Waals surface area (Å²) in [6.45, 7) is 2.18. The van der Waals surface area contributed by atoms with Crippen LogP contribution in [0.5, 0.6) is 0 Å². The van der Waals surface area contributed by atoms with Gasteiger partial charge >= 0.3 is 0 Å². The predicted molar refractivity (Wildman–Crippen MR) is 244 cm³/mol. The molecule has 1 spiro atoms. The van der Waals surface area contributed by atoms with Crippen molar-refractivity contribution in [1.82, 2.24) is 4.40 Å². The Labute approximate surface area is 339 Å². The molecule has 59 heavy (non-hydrogen) atoms. The highest BCUT2D eigenvalue weighted by atomic mass is 16.3. The minimum absolute atomic E-state index is 0.432. The number of para-hydroxylation sites is 3. The largest absolute Gasteiger partial charge is 0.454 e. The van der Waals surface area contributed by atoms with Crippen LogP contribution in [0.2, 0.25) is 0 Å². The zero-order valence-corrected chi connectivity index (χ0v) is 32.2. The van der Waals surface area contributed by atoms with Gasteiger partial charge in [0.15, 0.2) is 5.58 Å². The highest BCUT2D eigenvalue weighted by Crippen LogP contribution is 2.64. The standard InChI is InChI=1S/C56H34N2O/c1-33-14-12-15-34(32-33)57(49-26-13-21-40-38-19-6-11-27-50(38)59-55(40)49)48-31-29-39-37-18-5-10-25-47(37)58-53(39)52(48)42-28-30-46-51(54(42)58)41-20-4-9-24-45(41)56(46)43-22-7-2-16-35(43)36-17-3-8-23-44(36)56/h2-32H,1H3. The quantitative estimate of drug-likeness (QED) is 0.179. The molecule has 0 saturated heterocycles. The summed E-state index contributed by atoms with van der Waals surface area (Å²) in [5.74, 6) is 0. The van der Waals surface area contributed by atoms with Crippen molar-refractivity contribution in [2.24, 2.45) is 0 Å². The highest BCUT2D eigenvalue weighted by Gasteiger charge is 2.52. The number of furan rings is 1. The number of hydrogen-bond acceptors (Lipinski definition) is 2. The number of aromatic nitrogens is 1. The van der Waals surface area contributed by atoms with E-state index in [9.17, 15) is 0 Å². The first-order chi connectivity index (χ1) is 29.2. The van der Waals surface area contributed by atoms with Crippen LogP contribution in [0.25, 0.3) is 82.3 Å². The van der Waals surface area contributed by atoms with Crippen molar-refractivity contribution in [2.45, 2.75) is 12.3 Å². The number of benzene rings is 9. The summed E-state index contributed by atoms with van der Waals surface area (Å²) in [6, 6.07) is 69.7. The van der Waals surface area contributed by atoms with E-state index in [1.807, 2.05) is 0 Å². The normalized spacial score (nSPS) is 13.6. The second kappa shape index (κ2) is 11.1. The molecule has 0 radical (unpaired) electrons. The maximum absolute atomic E-state index is 6.79. The molecule has 3 nitrogen and oxygen atoms in total. The Morgan fingerprint density at radius 3 is 1.90 bits per heavy atom. The monoisotopic (exact) mass is 750 g/mol. The van der Waals surface area contributed by atoms with Gasteiger partial charge < -0.3 is 13.7 Å². The molecule has 0 unspecified atom stereocenters. The summed E-state index contributed by atoms with van der Waals surface area (Å²) in [6.07, 6.45) is 0. The maximum Gasteiger partial charge on any atom is 0.159 e. The van der Waals surface area contributed by atoms with E-state index in [4.69, 9.17) is 4.42 Å². The fourth-order valence-corrected chi connectivity index (χ4v) is 11.4. The van der Waals surface area contributed by atoms with Crippen LogP contribution >= 0.6 is 0 Å². The Kier molecular flexibility index (Phi) is 5.90. The van der Waals surface area contributed by atoms with Crippen molar-refractivity contribution in [3.05, 3.63) is 216 Å². The second-order valence-corrected chi connectivity index (χ2v) is 16.4. The Bertz CT molecular complexity index is 3720. The second-order valence-electron chi connectivity index (χ2n) is 16.4. The molecule has 3 aromatic heterocycles. The summed E-state index contributed by atoms with van der Waals surface area (Å²) in [4.78, 5) is 2.44. The third-order valence-electron chi connectivity index (χ3n) is 13.6. The Hall–Kier alpha value is -7.62. The third kappa shape index (κ3) is 3.75. The van der Waals surface area contributed by atoms with E-state index in [1.165, 1.54) is 88.2 Å². The summed E-state index contributed by atoms with van der Waals surface area (Å²) in [5, 5.41) is 7.23. The smallest absolute Gasteiger partial charge is 0.159 e. The van der Waals surface area contributed by atoms with Gasteiger partial charge in [0.05, 0.1) is 33.3 Å². The van der Waals surface area contributed by atoms with Gasteiger partial charge in [-0.2, -0.15) is 0 Å². The van der Waals surface area contributed by atoms with E-state index in [2.05, 4.69) is 204 Å². The average Bonchev–Trinajstić information content (AvgIpc) is 4.07. The summed E-state index contributed by atoms with van der Waals surface area (Å²) in [5.41, 5.74) is 20.2. The molecule has 3 heterocycles. The van der Waals surface area contributed by atoms with Gasteiger partial charge in [-0.3, -0.25) is 0 Å². The lowest BCUT2D eigenvalue weighted by atomic mass is 9.70. The molecule has 0 N–H and O–H groups in total. The lowest BCUT2D eigenvalue weighted by Crippen LogP contribution is -2.25. The van der Waals surface area contributed by atoms with Gasteiger partial charge in [0.1, 0.15) is 5.58 Å². The molecule has 0 amide bonds. The lowest BCUT2D eigenvalue weighted by Gasteiger charge is -2.30. The van der Waals surface area contributed by atoms with Crippen molar-refractivity contribution in [3.8, 4) is 22.3 Å². The Balaban J connectivity index is 1.17. The van der Waals surface area contributed by atoms with Crippen molar-refractivity contribution < 1.29 is 4.42 Å². The lowest BCUT2D eigenvalue weighted by molar-refractivity contribution is 0.669. The third-order valence-corrected chi connectivity index (χ3v) is 13.6. The van der Waals surface area contributed by atoms with Gasteiger partial charge in [-0.15, -0.1) is 0 Å². The molecule has 0 atom stereocenters. The molecule has 2 aliphatic carbocycles. The molecule has 12 aromatic rings. The van der Waals surface area contributed by atoms with Crippen molar-refractivity contribution in [2.75, 3.05) is 4.90 Å². The van der Waals surface area contributed by atoms with Gasteiger partial charge in [0.25, 0.3) is 0 Å². The molecule has 14 rings (SSSR count). The van der Waals surface area contributed by atoms with Crippen LogP contribution in [0.15, 0.2) is 192 Å². The summed E-state index contributed by atoms with van der Waals surface area (Å²) in [7, 11) is 0. The number of rotatable bonds is 3. The summed E-state index contributed by atoms with van der Waals surface area (Å²) < 4.78 is 9.39. The van der Waals surface area contributed by atoms with Crippen LogP contribution in [0, 0.1) is 6.92 Å². The average molecular weight is 751 g/mol. The van der Waals surface area contributed by atoms with Crippen molar-refractivity contribution >= 4 is 77.1 Å². The minimum Gasteiger partial charge on any atom is -0.454 e. The maximum atomic E-state index is 6.79. The van der Waals surface area contributed by atoms with E-state index < -0.39 is 5.41 Å². The number of fused-ring (bicyclic) bond motifs is 20. The number of nitrogens with zero attached hydrogens (tertiary/aromatic N) is 2. The first-order valence-corrected chi connectivity index (χ1v) is 20.5. The van der Waals surface area contributed by atoms with Crippen molar-refractivity contribution in [3.63, 3.8) is 0 Å². The zero-order valence-electron chi connectivity index (χ0n) is 32.2. The van der Waals surface area contributed by atoms with E-state index in [1.54, 1.807) is 0 Å². The van der Waals surface area contributed by atoms with Crippen LogP contribution in [-0.2, 0) is 5.41 Å². The van der Waals surface area contributed by atoms with Gasteiger partial charge in [-0.25, -0.2) is 0 Å². The minimum atomic E-state index is -0.432. The molecular weight excluding hydrogens is 717 g/mol. The van der Waals surface area contributed by atoms with Gasteiger partial charge in [0, 0.05) is 43.6 Å². The molecule has 9 aromatic carbocycles. The number of aryl methyl sites for hydroxylation is 1. The van der Waals surface area contributed by atoms with Gasteiger partial charge in [0.2, 0.25) is 0 Å². The predicted octanol–water partition coefficient (Wildman–Crippen LogP) is 14.9. The van der Waals surface area contributed by atoms with E-state index >= 15 is 0 Å². The van der Waals surface area contributed by atoms with Crippen LogP contribution in [-0.4, -0.2) is 4.40 Å². The SMILES string of the molecule is Cc1cccc(N(c2cccc3c2oc2ccccc23)c2ccc3c4ccccc4n4c5c6c(ccc5c2c34)C2(c3ccccc3-c3ccccc32)c2ccccc2-6)c1. The summed E-state index contributed by atoms with van der Waals surface area (Å²) >= 11 is 0. The first-order valence-electron chi connectivity index (χ1n) is 20.5. The fraction of sp³-hybridized carbons (Fsp3) is 0.0357. The number of anilines is 3. The Morgan fingerprint density at radius 1 is 0.458 bits per heavy atom. The van der Waals surface area contributed by atoms with Crippen LogP contribution < -0.4 is 4.90 Å². The zero-order chi connectivity index (χ0) is 38.6. The Morgan fingerprint density at radius 2 is 1.10 bits per heavy atom. The van der Waals surface area contributed by atoms with Crippen LogP contribution in [0.1, 0.15) is 27.8 Å². The molecule has 0 aliphatic heterocycles. The fourth-order valence-electron chi connectivity index (χ4n) is 11.4. The van der Waals surface area contributed by atoms with E-state index in [0.29, 0.717) is 0 Å². The van der Waals surface area contributed by atoms with E-state index in [-0.39, 0.29) is 0 Å². The van der Waals surface area contributed by atoms with Crippen LogP contribution in [0.3, 0.4) is 0 Å². The molecule has 274 valence electrons. The van der Waals surface area contributed by atoms with Crippen molar-refractivity contribution in [1.29, 1.82) is 0 Å². The van der Waals surface area contributed by atoms with E-state index in [0.717, 1.165) is 39.0 Å². The molecular formula is C56H34N2O. The number of hydrogen-bond donors (Lipinski definition) is 0. The molecule has 3 heteroatoms. The van der Waals surface area contributed by atoms with Gasteiger partial charge in [-0.05, 0) is 87.8 Å².